The SMILES string of the molecule is CCCCCCCCCCCCCCCCCCCCCCNc1ccc(C(=O)C(O)c2ccc(-c3ccccc3)cc2)cc1. The summed E-state index contributed by atoms with van der Waals surface area (Å²) in [4.78, 5) is 12.9. The van der Waals surface area contributed by atoms with Gasteiger partial charge in [0.15, 0.2) is 5.78 Å². The standard InChI is InChI=1S/C42H61NO2/c1-2-3-4-5-6-7-8-9-10-11-12-13-14-15-16-17-18-19-20-24-35-43-40-33-31-39(32-34-40)42(45)41(44)38-29-27-37(28-30-38)36-25-22-21-23-26-36/h21-23,25-34,41,43-44H,2-20,24,35H2,1H3. The molecule has 246 valence electrons. The Bertz CT molecular complexity index is 1140. The Morgan fingerprint density at radius 1 is 0.533 bits per heavy atom. The van der Waals surface area contributed by atoms with E-state index >= 15 is 0 Å². The van der Waals surface area contributed by atoms with Crippen molar-refractivity contribution < 1.29 is 9.90 Å². The van der Waals surface area contributed by atoms with Crippen LogP contribution in [0.3, 0.4) is 0 Å². The summed E-state index contributed by atoms with van der Waals surface area (Å²) >= 11 is 0. The topological polar surface area (TPSA) is 49.3 Å². The van der Waals surface area contributed by atoms with Crippen molar-refractivity contribution in [3.8, 4) is 11.1 Å². The van der Waals surface area contributed by atoms with Crippen LogP contribution >= 0.6 is 0 Å². The van der Waals surface area contributed by atoms with Crippen LogP contribution < -0.4 is 5.32 Å². The fourth-order valence-corrected chi connectivity index (χ4v) is 6.16. The molecule has 0 fully saturated rings. The maximum atomic E-state index is 12.9. The van der Waals surface area contributed by atoms with E-state index in [1.807, 2.05) is 66.7 Å². The molecule has 3 aromatic carbocycles. The number of nitrogens with one attached hydrogen (secondary N) is 1. The van der Waals surface area contributed by atoms with Gasteiger partial charge in [-0.3, -0.25) is 4.79 Å². The average Bonchev–Trinajstić information content (AvgIpc) is 3.09. The van der Waals surface area contributed by atoms with Crippen LogP contribution in [0.1, 0.15) is 157 Å². The molecule has 0 aliphatic heterocycles. The lowest BCUT2D eigenvalue weighted by molar-refractivity contribution is 0.0747. The number of hydrogen-bond donors (Lipinski definition) is 2. The first-order valence-corrected chi connectivity index (χ1v) is 18.4. The summed E-state index contributed by atoms with van der Waals surface area (Å²) in [5, 5.41) is 14.2. The fourth-order valence-electron chi connectivity index (χ4n) is 6.16. The summed E-state index contributed by atoms with van der Waals surface area (Å²) in [7, 11) is 0. The highest BCUT2D eigenvalue weighted by atomic mass is 16.3. The molecule has 3 rings (SSSR count). The van der Waals surface area contributed by atoms with Crippen molar-refractivity contribution in [1.29, 1.82) is 0 Å². The number of Topliss-reactive ketones (excluding diaryl/α,β-unsaturated/α-hetero) is 1. The molecule has 1 atom stereocenters. The van der Waals surface area contributed by atoms with Gasteiger partial charge < -0.3 is 10.4 Å². The van der Waals surface area contributed by atoms with Crippen molar-refractivity contribution in [1.82, 2.24) is 0 Å². The third-order valence-electron chi connectivity index (χ3n) is 9.11. The van der Waals surface area contributed by atoms with Gasteiger partial charge in [-0.25, -0.2) is 0 Å². The van der Waals surface area contributed by atoms with Crippen LogP contribution in [0, 0.1) is 0 Å². The van der Waals surface area contributed by atoms with Gasteiger partial charge in [0.1, 0.15) is 6.10 Å². The molecule has 1 unspecified atom stereocenters. The van der Waals surface area contributed by atoms with Crippen LogP contribution in [0.15, 0.2) is 78.9 Å². The molecule has 0 bridgehead atoms. The van der Waals surface area contributed by atoms with Gasteiger partial charge in [-0.1, -0.05) is 184 Å². The number of aliphatic hydroxyl groups excluding tert-OH is 1. The van der Waals surface area contributed by atoms with Gasteiger partial charge in [0.25, 0.3) is 0 Å². The Morgan fingerprint density at radius 3 is 1.42 bits per heavy atom. The van der Waals surface area contributed by atoms with Crippen molar-refractivity contribution in [2.75, 3.05) is 11.9 Å². The van der Waals surface area contributed by atoms with E-state index in [0.29, 0.717) is 11.1 Å². The monoisotopic (exact) mass is 611 g/mol. The third-order valence-corrected chi connectivity index (χ3v) is 9.11. The normalized spacial score (nSPS) is 11.9. The molecule has 0 radical (unpaired) electrons. The molecule has 2 N–H and O–H groups in total. The van der Waals surface area contributed by atoms with Crippen LogP contribution in [0.5, 0.6) is 0 Å². The molecule has 0 aliphatic rings. The van der Waals surface area contributed by atoms with Gasteiger partial charge in [0, 0.05) is 17.8 Å². The molecular weight excluding hydrogens is 550 g/mol. The molecular formula is C42H61NO2. The van der Waals surface area contributed by atoms with E-state index in [1.165, 1.54) is 122 Å². The number of unbranched alkanes of at least 4 members (excludes halogenated alkanes) is 19. The van der Waals surface area contributed by atoms with Gasteiger partial charge in [0.2, 0.25) is 0 Å². The van der Waals surface area contributed by atoms with Crippen LogP contribution in [0.2, 0.25) is 0 Å². The number of ketones is 1. The van der Waals surface area contributed by atoms with Crippen molar-refractivity contribution >= 4 is 11.5 Å². The zero-order valence-corrected chi connectivity index (χ0v) is 28.3. The Kier molecular flexibility index (Phi) is 19.0. The number of carbonyl (C=O) groups excluding carboxylic acids is 1. The lowest BCUT2D eigenvalue weighted by Crippen LogP contribution is -2.12. The van der Waals surface area contributed by atoms with Crippen molar-refractivity contribution in [2.24, 2.45) is 0 Å². The minimum atomic E-state index is -1.16. The molecule has 0 aliphatic carbocycles. The second-order valence-corrected chi connectivity index (χ2v) is 13.0. The Balaban J connectivity index is 1.14. The second kappa shape index (κ2) is 23.4. The number of hydrogen-bond acceptors (Lipinski definition) is 3. The first-order chi connectivity index (χ1) is 22.2. The van der Waals surface area contributed by atoms with Gasteiger partial charge in [-0.15, -0.1) is 0 Å². The van der Waals surface area contributed by atoms with Gasteiger partial charge in [0.05, 0.1) is 0 Å². The zero-order chi connectivity index (χ0) is 31.8. The number of rotatable bonds is 26. The molecule has 3 aromatic rings. The smallest absolute Gasteiger partial charge is 0.195 e. The highest BCUT2D eigenvalue weighted by molar-refractivity contribution is 6.00. The molecule has 0 spiro atoms. The predicted octanol–water partition coefficient (Wildman–Crippen LogP) is 12.5. The summed E-state index contributed by atoms with van der Waals surface area (Å²) in [6.45, 7) is 3.24. The fraction of sp³-hybridized carbons (Fsp3) is 0.548. The summed E-state index contributed by atoms with van der Waals surface area (Å²) in [6.07, 6.45) is 26.8. The number of benzene rings is 3. The maximum Gasteiger partial charge on any atom is 0.195 e. The number of anilines is 1. The molecule has 0 saturated carbocycles. The summed E-state index contributed by atoms with van der Waals surface area (Å²) < 4.78 is 0. The molecule has 0 aromatic heterocycles. The number of aliphatic hydroxyl groups is 1. The first-order valence-electron chi connectivity index (χ1n) is 18.4. The third kappa shape index (κ3) is 15.3. The van der Waals surface area contributed by atoms with E-state index in [1.54, 1.807) is 0 Å². The number of carbonyl (C=O) groups is 1. The predicted molar refractivity (Wildman–Crippen MR) is 194 cm³/mol. The maximum absolute atomic E-state index is 12.9. The van der Waals surface area contributed by atoms with Crippen LogP contribution in [-0.4, -0.2) is 17.4 Å². The molecule has 3 nitrogen and oxygen atoms in total. The van der Waals surface area contributed by atoms with E-state index in [0.717, 1.165) is 29.8 Å². The van der Waals surface area contributed by atoms with Gasteiger partial charge in [-0.05, 0) is 47.4 Å². The first kappa shape index (κ1) is 36.6. The lowest BCUT2D eigenvalue weighted by atomic mass is 9.97. The summed E-state index contributed by atoms with van der Waals surface area (Å²) in [5.74, 6) is -0.275. The summed E-state index contributed by atoms with van der Waals surface area (Å²) in [5.41, 5.74) is 4.34. The Labute approximate surface area is 275 Å². The van der Waals surface area contributed by atoms with Gasteiger partial charge >= 0.3 is 0 Å². The second-order valence-electron chi connectivity index (χ2n) is 13.0. The molecule has 0 amide bonds. The highest BCUT2D eigenvalue weighted by Crippen LogP contribution is 2.24. The van der Waals surface area contributed by atoms with E-state index in [2.05, 4.69) is 24.4 Å². The lowest BCUT2D eigenvalue weighted by Gasteiger charge is -2.12. The minimum absolute atomic E-state index is 0.275. The van der Waals surface area contributed by atoms with Crippen LogP contribution in [0.25, 0.3) is 11.1 Å². The van der Waals surface area contributed by atoms with Crippen LogP contribution in [0.4, 0.5) is 5.69 Å². The minimum Gasteiger partial charge on any atom is -0.385 e. The van der Waals surface area contributed by atoms with E-state index in [9.17, 15) is 9.90 Å². The van der Waals surface area contributed by atoms with E-state index in [4.69, 9.17) is 0 Å². The Hall–Kier alpha value is -2.91. The van der Waals surface area contributed by atoms with Crippen molar-refractivity contribution in [3.63, 3.8) is 0 Å². The van der Waals surface area contributed by atoms with E-state index in [-0.39, 0.29) is 5.78 Å². The summed E-state index contributed by atoms with van der Waals surface area (Å²) in [6, 6.07) is 25.2. The van der Waals surface area contributed by atoms with Crippen molar-refractivity contribution in [3.05, 3.63) is 90.0 Å². The quantitative estimate of drug-likeness (QED) is 0.0701. The molecule has 3 heteroatoms. The zero-order valence-electron chi connectivity index (χ0n) is 28.3. The molecule has 45 heavy (non-hydrogen) atoms. The molecule has 0 saturated heterocycles. The van der Waals surface area contributed by atoms with Gasteiger partial charge in [-0.2, -0.15) is 0 Å². The average molecular weight is 612 g/mol. The Morgan fingerprint density at radius 2 is 0.956 bits per heavy atom. The van der Waals surface area contributed by atoms with E-state index < -0.39 is 6.10 Å². The van der Waals surface area contributed by atoms with Crippen LogP contribution in [-0.2, 0) is 0 Å². The van der Waals surface area contributed by atoms with Crippen molar-refractivity contribution in [2.45, 2.75) is 141 Å². The molecule has 0 heterocycles. The largest absolute Gasteiger partial charge is 0.385 e. The highest BCUT2D eigenvalue weighted by Gasteiger charge is 2.19.